The van der Waals surface area contributed by atoms with E-state index in [4.69, 9.17) is 25.4 Å². The van der Waals surface area contributed by atoms with Crippen molar-refractivity contribution in [1.29, 1.82) is 0 Å². The van der Waals surface area contributed by atoms with Gasteiger partial charge >= 0.3 is 0 Å². The summed E-state index contributed by atoms with van der Waals surface area (Å²) in [5.41, 5.74) is 7.20. The van der Waals surface area contributed by atoms with Crippen molar-refractivity contribution in [3.63, 3.8) is 0 Å². The molecule has 1 amide bonds. The Morgan fingerprint density at radius 3 is 2.44 bits per heavy atom. The van der Waals surface area contributed by atoms with Crippen LogP contribution in [0.2, 0.25) is 0 Å². The van der Waals surface area contributed by atoms with Crippen molar-refractivity contribution in [2.24, 2.45) is 5.73 Å². The molecule has 192 valence electrons. The van der Waals surface area contributed by atoms with E-state index in [1.165, 1.54) is 0 Å². The van der Waals surface area contributed by atoms with Crippen molar-refractivity contribution in [2.75, 3.05) is 25.0 Å². The molecule has 1 fully saturated rings. The van der Waals surface area contributed by atoms with E-state index < -0.39 is 11.5 Å². The highest BCUT2D eigenvalue weighted by atomic mass is 16.5. The number of amides is 1. The number of hydrogen-bond donors (Lipinski definition) is 4. The second kappa shape index (κ2) is 9.99. The molecule has 3 heterocycles. The molecule has 0 unspecified atom stereocenters. The van der Waals surface area contributed by atoms with Gasteiger partial charge in [0.2, 0.25) is 0 Å². The van der Waals surface area contributed by atoms with Gasteiger partial charge in [-0.25, -0.2) is 15.0 Å². The fourth-order valence-corrected chi connectivity index (χ4v) is 4.03. The highest BCUT2D eigenvalue weighted by Crippen LogP contribution is 2.31. The van der Waals surface area contributed by atoms with Crippen molar-refractivity contribution in [3.8, 4) is 17.0 Å². The Labute approximate surface area is 211 Å². The van der Waals surface area contributed by atoms with E-state index in [2.05, 4.69) is 10.6 Å². The second-order valence-corrected chi connectivity index (χ2v) is 11.1. The van der Waals surface area contributed by atoms with Crippen LogP contribution in [0.3, 0.4) is 0 Å². The number of piperidine rings is 1. The molecule has 1 atom stereocenters. The molecule has 0 radical (unpaired) electrons. The molecule has 9 heteroatoms. The Balaban J connectivity index is 1.80. The molecule has 1 aliphatic heterocycles. The SMILES string of the molecule is CC(C)(O)COc1ccc(-c2cc(C(N)=O)c3nc(C(C)(C)C)nc(N[C@H]4CCCNC4)c3n2)cc1. The third-order valence-electron chi connectivity index (χ3n) is 5.97. The summed E-state index contributed by atoms with van der Waals surface area (Å²) in [4.78, 5) is 27.0. The number of aliphatic hydroxyl groups is 1. The maximum absolute atomic E-state index is 12.6. The Hall–Kier alpha value is -3.30. The van der Waals surface area contributed by atoms with Gasteiger partial charge in [-0.2, -0.15) is 0 Å². The average molecular weight is 493 g/mol. The Bertz CT molecular complexity index is 1240. The van der Waals surface area contributed by atoms with Crippen LogP contribution in [0.1, 0.15) is 63.6 Å². The number of aromatic nitrogens is 3. The zero-order valence-corrected chi connectivity index (χ0v) is 21.7. The van der Waals surface area contributed by atoms with Crippen LogP contribution in [0.15, 0.2) is 30.3 Å². The molecule has 3 aromatic rings. The van der Waals surface area contributed by atoms with Crippen LogP contribution in [0, 0.1) is 0 Å². The third kappa shape index (κ3) is 6.09. The minimum absolute atomic E-state index is 0.172. The minimum Gasteiger partial charge on any atom is -0.491 e. The first-order valence-corrected chi connectivity index (χ1v) is 12.4. The van der Waals surface area contributed by atoms with Gasteiger partial charge in [-0.3, -0.25) is 4.79 Å². The quantitative estimate of drug-likeness (QED) is 0.394. The van der Waals surface area contributed by atoms with Gasteiger partial charge in [0.15, 0.2) is 5.82 Å². The lowest BCUT2D eigenvalue weighted by Crippen LogP contribution is -2.39. The van der Waals surface area contributed by atoms with E-state index in [1.54, 1.807) is 19.9 Å². The second-order valence-electron chi connectivity index (χ2n) is 11.1. The number of carbonyl (C=O) groups is 1. The minimum atomic E-state index is -0.932. The van der Waals surface area contributed by atoms with E-state index >= 15 is 0 Å². The summed E-state index contributed by atoms with van der Waals surface area (Å²) in [6.45, 7) is 11.5. The molecular formula is C27H36N6O3. The smallest absolute Gasteiger partial charge is 0.251 e. The van der Waals surface area contributed by atoms with Crippen LogP contribution in [0.25, 0.3) is 22.3 Å². The number of rotatable bonds is 7. The molecule has 9 nitrogen and oxygen atoms in total. The summed E-state index contributed by atoms with van der Waals surface area (Å²) in [6.07, 6.45) is 2.08. The van der Waals surface area contributed by atoms with Gasteiger partial charge < -0.3 is 26.2 Å². The fraction of sp³-hybridized carbons (Fsp3) is 0.481. The van der Waals surface area contributed by atoms with Crippen molar-refractivity contribution >= 4 is 22.8 Å². The zero-order valence-electron chi connectivity index (χ0n) is 21.7. The van der Waals surface area contributed by atoms with Crippen molar-refractivity contribution in [1.82, 2.24) is 20.3 Å². The highest BCUT2D eigenvalue weighted by Gasteiger charge is 2.25. The number of nitrogens with two attached hydrogens (primary N) is 1. The van der Waals surface area contributed by atoms with Crippen LogP contribution in [0.5, 0.6) is 5.75 Å². The van der Waals surface area contributed by atoms with Crippen LogP contribution >= 0.6 is 0 Å². The van der Waals surface area contributed by atoms with Gasteiger partial charge in [-0.1, -0.05) is 20.8 Å². The number of carbonyl (C=O) groups excluding carboxylic acids is 1. The number of nitrogens with zero attached hydrogens (tertiary/aromatic N) is 3. The number of ether oxygens (including phenoxy) is 1. The summed E-state index contributed by atoms with van der Waals surface area (Å²) in [7, 11) is 0. The van der Waals surface area contributed by atoms with Gasteiger partial charge in [0, 0.05) is 23.6 Å². The van der Waals surface area contributed by atoms with Gasteiger partial charge in [-0.05, 0) is 63.6 Å². The van der Waals surface area contributed by atoms with E-state index in [0.717, 1.165) is 31.5 Å². The predicted molar refractivity (Wildman–Crippen MR) is 141 cm³/mol. The van der Waals surface area contributed by atoms with E-state index in [9.17, 15) is 9.90 Å². The predicted octanol–water partition coefficient (Wildman–Crippen LogP) is 3.40. The number of hydrogen-bond acceptors (Lipinski definition) is 8. The van der Waals surface area contributed by atoms with Crippen LogP contribution in [0.4, 0.5) is 5.82 Å². The van der Waals surface area contributed by atoms with Gasteiger partial charge in [0.05, 0.1) is 16.9 Å². The Morgan fingerprint density at radius 1 is 1.14 bits per heavy atom. The molecule has 4 rings (SSSR count). The topological polar surface area (TPSA) is 135 Å². The summed E-state index contributed by atoms with van der Waals surface area (Å²) in [6, 6.07) is 9.22. The van der Waals surface area contributed by atoms with Gasteiger partial charge in [0.25, 0.3) is 5.91 Å². The largest absolute Gasteiger partial charge is 0.491 e. The number of nitrogens with one attached hydrogen (secondary N) is 2. The molecule has 1 saturated heterocycles. The number of pyridine rings is 1. The number of anilines is 1. The van der Waals surface area contributed by atoms with E-state index in [0.29, 0.717) is 39.7 Å². The summed E-state index contributed by atoms with van der Waals surface area (Å²) in [5.74, 6) is 1.28. The van der Waals surface area contributed by atoms with Gasteiger partial charge in [-0.15, -0.1) is 0 Å². The van der Waals surface area contributed by atoms with Crippen molar-refractivity contribution in [3.05, 3.63) is 41.7 Å². The normalized spacial score (nSPS) is 16.7. The third-order valence-corrected chi connectivity index (χ3v) is 5.97. The molecule has 1 aromatic carbocycles. The molecule has 0 bridgehead atoms. The summed E-state index contributed by atoms with van der Waals surface area (Å²) < 4.78 is 5.66. The highest BCUT2D eigenvalue weighted by molar-refractivity contribution is 6.07. The standard InChI is InChI=1S/C27H36N6O3/c1-26(2,3)25-32-21-19(23(28)34)13-20(16-8-10-18(11-9-16)36-15-27(4,5)35)31-22(21)24(33-25)30-17-7-6-12-29-14-17/h8-11,13,17,29,35H,6-7,12,14-15H2,1-5H3,(H2,28,34)(H,30,32,33)/t17-/m0/s1. The molecule has 2 aromatic heterocycles. The number of fused-ring (bicyclic) bond motifs is 1. The van der Waals surface area contributed by atoms with Crippen molar-refractivity contribution < 1.29 is 14.6 Å². The van der Waals surface area contributed by atoms with Gasteiger partial charge in [0.1, 0.15) is 29.2 Å². The summed E-state index contributed by atoms with van der Waals surface area (Å²) in [5, 5.41) is 16.9. The first-order valence-electron chi connectivity index (χ1n) is 12.4. The Morgan fingerprint density at radius 2 is 1.86 bits per heavy atom. The fourth-order valence-electron chi connectivity index (χ4n) is 4.03. The lowest BCUT2D eigenvalue weighted by atomic mass is 9.95. The first kappa shape index (κ1) is 25.8. The maximum atomic E-state index is 12.6. The number of primary amides is 1. The van der Waals surface area contributed by atoms with Crippen LogP contribution in [-0.4, -0.2) is 57.3 Å². The molecule has 0 aliphatic carbocycles. The van der Waals surface area contributed by atoms with Crippen molar-refractivity contribution in [2.45, 2.75) is 64.5 Å². The average Bonchev–Trinajstić information content (AvgIpc) is 2.82. The monoisotopic (exact) mass is 492 g/mol. The molecule has 1 aliphatic rings. The first-order chi connectivity index (χ1) is 16.9. The van der Waals surface area contributed by atoms with E-state index in [-0.39, 0.29) is 18.1 Å². The lowest BCUT2D eigenvalue weighted by molar-refractivity contribution is 0.0285. The zero-order chi connectivity index (χ0) is 26.1. The molecule has 0 saturated carbocycles. The summed E-state index contributed by atoms with van der Waals surface area (Å²) >= 11 is 0. The molecule has 36 heavy (non-hydrogen) atoms. The molecular weight excluding hydrogens is 456 g/mol. The Kier molecular flexibility index (Phi) is 7.15. The van der Waals surface area contributed by atoms with Crippen LogP contribution < -0.4 is 21.1 Å². The van der Waals surface area contributed by atoms with E-state index in [1.807, 2.05) is 45.0 Å². The molecule has 0 spiro atoms. The lowest BCUT2D eigenvalue weighted by Gasteiger charge is -2.26. The number of benzene rings is 1. The molecule has 5 N–H and O–H groups in total. The maximum Gasteiger partial charge on any atom is 0.251 e. The van der Waals surface area contributed by atoms with Crippen LogP contribution in [-0.2, 0) is 5.41 Å².